The summed E-state index contributed by atoms with van der Waals surface area (Å²) < 4.78 is 2.33. The molecule has 1 aliphatic carbocycles. The summed E-state index contributed by atoms with van der Waals surface area (Å²) in [5.74, 6) is 0. The SMILES string of the molecule is Cc1c(CCCNC2CCCC2)c2ccccc2n1C. The van der Waals surface area contributed by atoms with Crippen molar-refractivity contribution in [3.63, 3.8) is 0 Å². The Bertz CT molecular complexity index is 576. The maximum absolute atomic E-state index is 3.72. The maximum atomic E-state index is 3.72. The second-order valence-electron chi connectivity index (χ2n) is 6.18. The molecule has 1 N–H and O–H groups in total. The molecule has 2 nitrogen and oxygen atoms in total. The van der Waals surface area contributed by atoms with E-state index in [1.807, 2.05) is 0 Å². The van der Waals surface area contributed by atoms with Gasteiger partial charge < -0.3 is 9.88 Å². The first kappa shape index (κ1) is 13.7. The smallest absolute Gasteiger partial charge is 0.0482 e. The molecule has 0 aliphatic heterocycles. The zero-order chi connectivity index (χ0) is 13.9. The average Bonchev–Trinajstić information content (AvgIpc) is 3.06. The quantitative estimate of drug-likeness (QED) is 0.814. The van der Waals surface area contributed by atoms with Crippen LogP contribution in [0.5, 0.6) is 0 Å². The number of nitrogens with zero attached hydrogens (tertiary/aromatic N) is 1. The Balaban J connectivity index is 1.63. The number of para-hydroxylation sites is 1. The number of hydrogen-bond donors (Lipinski definition) is 1. The van der Waals surface area contributed by atoms with Crippen molar-refractivity contribution in [2.24, 2.45) is 7.05 Å². The summed E-state index contributed by atoms with van der Waals surface area (Å²) in [5.41, 5.74) is 4.33. The van der Waals surface area contributed by atoms with Gasteiger partial charge in [0.25, 0.3) is 0 Å². The first-order valence-corrected chi connectivity index (χ1v) is 8.03. The third-order valence-electron chi connectivity index (χ3n) is 4.92. The Hall–Kier alpha value is -1.28. The van der Waals surface area contributed by atoms with Gasteiger partial charge in [-0.3, -0.25) is 0 Å². The molecule has 3 rings (SSSR count). The van der Waals surface area contributed by atoms with Crippen LogP contribution in [0.25, 0.3) is 10.9 Å². The molecule has 0 bridgehead atoms. The van der Waals surface area contributed by atoms with Gasteiger partial charge in [0.15, 0.2) is 0 Å². The minimum absolute atomic E-state index is 0.795. The second-order valence-corrected chi connectivity index (χ2v) is 6.18. The first-order valence-electron chi connectivity index (χ1n) is 8.03. The predicted molar refractivity (Wildman–Crippen MR) is 86.2 cm³/mol. The van der Waals surface area contributed by atoms with Gasteiger partial charge in [-0.1, -0.05) is 31.0 Å². The number of benzene rings is 1. The van der Waals surface area contributed by atoms with E-state index in [1.165, 1.54) is 60.7 Å². The van der Waals surface area contributed by atoms with Crippen molar-refractivity contribution >= 4 is 10.9 Å². The number of rotatable bonds is 5. The first-order chi connectivity index (χ1) is 9.77. The summed E-state index contributed by atoms with van der Waals surface area (Å²) in [5, 5.41) is 5.16. The van der Waals surface area contributed by atoms with Gasteiger partial charge in [0.1, 0.15) is 0 Å². The monoisotopic (exact) mass is 270 g/mol. The summed E-state index contributed by atoms with van der Waals surface area (Å²) in [7, 11) is 2.18. The minimum atomic E-state index is 0.795. The van der Waals surface area contributed by atoms with E-state index in [9.17, 15) is 0 Å². The van der Waals surface area contributed by atoms with Gasteiger partial charge in [-0.25, -0.2) is 0 Å². The van der Waals surface area contributed by atoms with Crippen LogP contribution in [0.4, 0.5) is 0 Å². The molecule has 0 amide bonds. The summed E-state index contributed by atoms with van der Waals surface area (Å²) >= 11 is 0. The van der Waals surface area contributed by atoms with E-state index in [0.717, 1.165) is 12.6 Å². The summed E-state index contributed by atoms with van der Waals surface area (Å²) in [6, 6.07) is 9.57. The lowest BCUT2D eigenvalue weighted by Gasteiger charge is -2.11. The molecule has 0 unspecified atom stereocenters. The Kier molecular flexibility index (Phi) is 4.11. The van der Waals surface area contributed by atoms with Crippen LogP contribution in [0, 0.1) is 6.92 Å². The third-order valence-corrected chi connectivity index (χ3v) is 4.92. The van der Waals surface area contributed by atoms with Crippen molar-refractivity contribution in [3.8, 4) is 0 Å². The van der Waals surface area contributed by atoms with Crippen molar-refractivity contribution in [2.75, 3.05) is 6.54 Å². The van der Waals surface area contributed by atoms with Crippen LogP contribution in [0.1, 0.15) is 43.4 Å². The normalized spacial score (nSPS) is 16.3. The Morgan fingerprint density at radius 3 is 2.75 bits per heavy atom. The van der Waals surface area contributed by atoms with Gasteiger partial charge in [-0.15, -0.1) is 0 Å². The molecule has 1 saturated carbocycles. The number of aryl methyl sites for hydroxylation is 2. The van der Waals surface area contributed by atoms with E-state index in [4.69, 9.17) is 0 Å². The molecular weight excluding hydrogens is 244 g/mol. The highest BCUT2D eigenvalue weighted by Gasteiger charge is 2.14. The Morgan fingerprint density at radius 2 is 1.95 bits per heavy atom. The fourth-order valence-corrected chi connectivity index (χ4v) is 3.62. The van der Waals surface area contributed by atoms with Crippen molar-refractivity contribution in [1.29, 1.82) is 0 Å². The lowest BCUT2D eigenvalue weighted by molar-refractivity contribution is 0.515. The molecule has 2 heteroatoms. The summed E-state index contributed by atoms with van der Waals surface area (Å²) in [6.07, 6.45) is 8.03. The lowest BCUT2D eigenvalue weighted by Crippen LogP contribution is -2.27. The van der Waals surface area contributed by atoms with Crippen LogP contribution in [0.3, 0.4) is 0 Å². The molecule has 1 aromatic heterocycles. The van der Waals surface area contributed by atoms with E-state index >= 15 is 0 Å². The molecule has 0 saturated heterocycles. The van der Waals surface area contributed by atoms with Crippen molar-refractivity contribution in [2.45, 2.75) is 51.5 Å². The largest absolute Gasteiger partial charge is 0.348 e. The van der Waals surface area contributed by atoms with Crippen LogP contribution < -0.4 is 5.32 Å². The van der Waals surface area contributed by atoms with Crippen LogP contribution >= 0.6 is 0 Å². The molecular formula is C18H26N2. The highest BCUT2D eigenvalue weighted by atomic mass is 14.9. The highest BCUT2D eigenvalue weighted by molar-refractivity contribution is 5.85. The number of nitrogens with one attached hydrogen (secondary N) is 1. The number of hydrogen-bond acceptors (Lipinski definition) is 1. The van der Waals surface area contributed by atoms with Gasteiger partial charge in [-0.2, -0.15) is 0 Å². The standard InChI is InChI=1S/C18H26N2/c1-14-16(11-7-13-19-15-8-3-4-9-15)17-10-5-6-12-18(17)20(14)2/h5-6,10,12,15,19H,3-4,7-9,11,13H2,1-2H3. The zero-order valence-corrected chi connectivity index (χ0v) is 12.8. The molecule has 0 spiro atoms. The molecule has 1 aliphatic rings. The fourth-order valence-electron chi connectivity index (χ4n) is 3.62. The predicted octanol–water partition coefficient (Wildman–Crippen LogP) is 3.95. The number of aromatic nitrogens is 1. The Labute approximate surface area is 122 Å². The van der Waals surface area contributed by atoms with Crippen molar-refractivity contribution in [1.82, 2.24) is 9.88 Å². The molecule has 1 fully saturated rings. The van der Waals surface area contributed by atoms with Gasteiger partial charge in [0.2, 0.25) is 0 Å². The topological polar surface area (TPSA) is 17.0 Å². The number of fused-ring (bicyclic) bond motifs is 1. The molecule has 2 aromatic rings. The molecule has 0 radical (unpaired) electrons. The van der Waals surface area contributed by atoms with Gasteiger partial charge in [-0.05, 0) is 50.8 Å². The zero-order valence-electron chi connectivity index (χ0n) is 12.8. The summed E-state index contributed by atoms with van der Waals surface area (Å²) in [6.45, 7) is 3.41. The van der Waals surface area contributed by atoms with Gasteiger partial charge in [0.05, 0.1) is 0 Å². The van der Waals surface area contributed by atoms with Crippen molar-refractivity contribution in [3.05, 3.63) is 35.5 Å². The van der Waals surface area contributed by atoms with Crippen LogP contribution in [-0.2, 0) is 13.5 Å². The minimum Gasteiger partial charge on any atom is -0.348 e. The Morgan fingerprint density at radius 1 is 1.20 bits per heavy atom. The lowest BCUT2D eigenvalue weighted by atomic mass is 10.1. The molecule has 108 valence electrons. The van der Waals surface area contributed by atoms with Crippen LogP contribution in [-0.4, -0.2) is 17.2 Å². The molecule has 1 aromatic carbocycles. The van der Waals surface area contributed by atoms with Crippen LogP contribution in [0.2, 0.25) is 0 Å². The second kappa shape index (κ2) is 6.01. The van der Waals surface area contributed by atoms with E-state index in [1.54, 1.807) is 0 Å². The van der Waals surface area contributed by atoms with Gasteiger partial charge in [0, 0.05) is 29.7 Å². The fraction of sp³-hybridized carbons (Fsp3) is 0.556. The summed E-state index contributed by atoms with van der Waals surface area (Å²) in [4.78, 5) is 0. The molecule has 0 atom stereocenters. The van der Waals surface area contributed by atoms with E-state index < -0.39 is 0 Å². The highest BCUT2D eigenvalue weighted by Crippen LogP contribution is 2.25. The third kappa shape index (κ3) is 2.62. The molecule has 20 heavy (non-hydrogen) atoms. The maximum Gasteiger partial charge on any atom is 0.0482 e. The van der Waals surface area contributed by atoms with Crippen molar-refractivity contribution < 1.29 is 0 Å². The van der Waals surface area contributed by atoms with Crippen LogP contribution in [0.15, 0.2) is 24.3 Å². The van der Waals surface area contributed by atoms with E-state index in [2.05, 4.69) is 48.1 Å². The average molecular weight is 270 g/mol. The molecule has 1 heterocycles. The van der Waals surface area contributed by atoms with Gasteiger partial charge >= 0.3 is 0 Å². The van der Waals surface area contributed by atoms with E-state index in [0.29, 0.717) is 0 Å². The van der Waals surface area contributed by atoms with E-state index in [-0.39, 0.29) is 0 Å².